The average Bonchev–Trinajstić information content (AvgIpc) is 3.16. The van der Waals surface area contributed by atoms with E-state index in [0.717, 1.165) is 37.7 Å². The van der Waals surface area contributed by atoms with Crippen LogP contribution < -0.4 is 4.90 Å². The van der Waals surface area contributed by atoms with Gasteiger partial charge in [-0.2, -0.15) is 0 Å². The molecule has 3 aromatic carbocycles. The topological polar surface area (TPSA) is 18.8 Å². The van der Waals surface area contributed by atoms with E-state index in [2.05, 4.69) is 46.2 Å². The van der Waals surface area contributed by atoms with Gasteiger partial charge >= 0.3 is 0 Å². The summed E-state index contributed by atoms with van der Waals surface area (Å²) >= 11 is 0. The molecule has 0 saturated heterocycles. The number of aliphatic imine (C=N–C) groups is 1. The quantitative estimate of drug-likeness (QED) is 0.595. The van der Waals surface area contributed by atoms with E-state index in [1.165, 1.54) is 23.3 Å². The first-order valence-electron chi connectivity index (χ1n) is 9.64. The van der Waals surface area contributed by atoms with Crippen molar-refractivity contribution >= 4 is 11.5 Å². The van der Waals surface area contributed by atoms with Crippen molar-refractivity contribution in [2.24, 2.45) is 4.99 Å². The Morgan fingerprint density at radius 3 is 2.11 bits per heavy atom. The maximum absolute atomic E-state index is 13.4. The number of nitrogens with zero attached hydrogens (tertiary/aromatic N) is 3. The van der Waals surface area contributed by atoms with E-state index in [4.69, 9.17) is 4.99 Å². The summed E-state index contributed by atoms with van der Waals surface area (Å²) in [6.45, 7) is 4.08. The second kappa shape index (κ2) is 8.70. The van der Waals surface area contributed by atoms with Crippen LogP contribution in [0.3, 0.4) is 0 Å². The maximum atomic E-state index is 13.4. The van der Waals surface area contributed by atoms with Crippen LogP contribution in [0.5, 0.6) is 0 Å². The summed E-state index contributed by atoms with van der Waals surface area (Å²) in [7, 11) is 0. The van der Waals surface area contributed by atoms with Gasteiger partial charge < -0.3 is 9.80 Å². The Morgan fingerprint density at radius 1 is 0.786 bits per heavy atom. The molecule has 28 heavy (non-hydrogen) atoms. The Labute approximate surface area is 165 Å². The highest BCUT2D eigenvalue weighted by atomic mass is 19.1. The third-order valence-electron chi connectivity index (χ3n) is 4.99. The van der Waals surface area contributed by atoms with Crippen molar-refractivity contribution < 1.29 is 4.39 Å². The monoisotopic (exact) mass is 373 g/mol. The number of hydrogen-bond acceptors (Lipinski definition) is 3. The molecule has 1 aliphatic heterocycles. The first-order valence-corrected chi connectivity index (χ1v) is 9.64. The normalized spacial score (nSPS) is 13.5. The number of rotatable bonds is 7. The van der Waals surface area contributed by atoms with Crippen LogP contribution in [0.2, 0.25) is 0 Å². The van der Waals surface area contributed by atoms with Crippen molar-refractivity contribution in [1.82, 2.24) is 4.90 Å². The summed E-state index contributed by atoms with van der Waals surface area (Å²) in [6.07, 6.45) is 0. The fourth-order valence-electron chi connectivity index (χ4n) is 3.52. The summed E-state index contributed by atoms with van der Waals surface area (Å²) in [4.78, 5) is 9.37. The molecule has 0 aromatic heterocycles. The maximum Gasteiger partial charge on any atom is 0.123 e. The van der Waals surface area contributed by atoms with Gasteiger partial charge in [-0.3, -0.25) is 4.99 Å². The number of benzene rings is 3. The SMILES string of the molecule is Fc1ccc(N(CC2=NCCN2Cc2ccccc2)Cc2ccccc2)cc1. The van der Waals surface area contributed by atoms with E-state index in [1.807, 2.05) is 36.4 Å². The van der Waals surface area contributed by atoms with Crippen LogP contribution in [0.1, 0.15) is 11.1 Å². The lowest BCUT2D eigenvalue weighted by Gasteiger charge is -2.29. The lowest BCUT2D eigenvalue weighted by molar-refractivity contribution is 0.446. The predicted molar refractivity (Wildman–Crippen MR) is 113 cm³/mol. The molecule has 0 radical (unpaired) electrons. The number of anilines is 1. The molecule has 4 heteroatoms. The second-order valence-corrected chi connectivity index (χ2v) is 7.02. The molecule has 0 unspecified atom stereocenters. The molecule has 0 N–H and O–H groups in total. The largest absolute Gasteiger partial charge is 0.360 e. The van der Waals surface area contributed by atoms with Crippen molar-refractivity contribution in [3.05, 3.63) is 102 Å². The zero-order valence-corrected chi connectivity index (χ0v) is 15.8. The summed E-state index contributed by atoms with van der Waals surface area (Å²) in [5, 5.41) is 0. The van der Waals surface area contributed by atoms with Crippen LogP contribution in [0.4, 0.5) is 10.1 Å². The van der Waals surface area contributed by atoms with Crippen molar-refractivity contribution in [3.8, 4) is 0 Å². The lowest BCUT2D eigenvalue weighted by Crippen LogP contribution is -2.37. The zero-order chi connectivity index (χ0) is 19.2. The van der Waals surface area contributed by atoms with E-state index >= 15 is 0 Å². The van der Waals surface area contributed by atoms with Crippen LogP contribution in [0, 0.1) is 5.82 Å². The lowest BCUT2D eigenvalue weighted by atomic mass is 10.2. The van der Waals surface area contributed by atoms with Gasteiger partial charge in [0.1, 0.15) is 11.7 Å². The van der Waals surface area contributed by atoms with Gasteiger partial charge in [0, 0.05) is 25.3 Å². The Morgan fingerprint density at radius 2 is 1.43 bits per heavy atom. The molecule has 0 fully saturated rings. The third-order valence-corrected chi connectivity index (χ3v) is 4.99. The van der Waals surface area contributed by atoms with Gasteiger partial charge in [-0.15, -0.1) is 0 Å². The number of amidine groups is 1. The molecule has 142 valence electrons. The van der Waals surface area contributed by atoms with Crippen molar-refractivity contribution in [1.29, 1.82) is 0 Å². The molecule has 0 amide bonds. The van der Waals surface area contributed by atoms with Gasteiger partial charge in [0.2, 0.25) is 0 Å². The number of hydrogen-bond donors (Lipinski definition) is 0. The molecule has 0 spiro atoms. The fraction of sp³-hybridized carbons (Fsp3) is 0.208. The smallest absolute Gasteiger partial charge is 0.123 e. The predicted octanol–water partition coefficient (Wildman–Crippen LogP) is 4.75. The van der Waals surface area contributed by atoms with Gasteiger partial charge in [-0.05, 0) is 35.4 Å². The molecule has 1 aliphatic rings. The van der Waals surface area contributed by atoms with Gasteiger partial charge in [0.25, 0.3) is 0 Å². The summed E-state index contributed by atoms with van der Waals surface area (Å²) in [5.41, 5.74) is 3.51. The van der Waals surface area contributed by atoms with Crippen molar-refractivity contribution in [2.75, 3.05) is 24.5 Å². The van der Waals surface area contributed by atoms with Crippen molar-refractivity contribution in [3.63, 3.8) is 0 Å². The van der Waals surface area contributed by atoms with E-state index < -0.39 is 0 Å². The highest BCUT2D eigenvalue weighted by Crippen LogP contribution is 2.20. The molecule has 0 aliphatic carbocycles. The van der Waals surface area contributed by atoms with Gasteiger partial charge in [0.15, 0.2) is 0 Å². The van der Waals surface area contributed by atoms with E-state index in [9.17, 15) is 4.39 Å². The fourth-order valence-corrected chi connectivity index (χ4v) is 3.52. The minimum absolute atomic E-state index is 0.215. The Balaban J connectivity index is 1.53. The molecule has 3 nitrogen and oxygen atoms in total. The molecule has 0 saturated carbocycles. The third kappa shape index (κ3) is 4.58. The summed E-state index contributed by atoms with van der Waals surface area (Å²) in [5.74, 6) is 0.872. The Bertz CT molecular complexity index is 908. The summed E-state index contributed by atoms with van der Waals surface area (Å²) < 4.78 is 13.4. The van der Waals surface area contributed by atoms with Crippen LogP contribution >= 0.6 is 0 Å². The minimum Gasteiger partial charge on any atom is -0.360 e. The highest BCUT2D eigenvalue weighted by Gasteiger charge is 2.20. The summed E-state index contributed by atoms with van der Waals surface area (Å²) in [6, 6.07) is 27.6. The van der Waals surface area contributed by atoms with Crippen LogP contribution in [0.25, 0.3) is 0 Å². The molecular formula is C24H24FN3. The van der Waals surface area contributed by atoms with E-state index in [1.54, 1.807) is 0 Å². The van der Waals surface area contributed by atoms with E-state index in [0.29, 0.717) is 6.54 Å². The Hall–Kier alpha value is -3.14. The number of halogens is 1. The Kier molecular flexibility index (Phi) is 5.66. The van der Waals surface area contributed by atoms with Gasteiger partial charge in [0.05, 0.1) is 13.1 Å². The highest BCUT2D eigenvalue weighted by molar-refractivity contribution is 5.88. The van der Waals surface area contributed by atoms with Gasteiger partial charge in [-0.25, -0.2) is 4.39 Å². The average molecular weight is 373 g/mol. The van der Waals surface area contributed by atoms with Crippen molar-refractivity contribution in [2.45, 2.75) is 13.1 Å². The molecule has 0 bridgehead atoms. The van der Waals surface area contributed by atoms with Crippen LogP contribution in [0.15, 0.2) is 89.9 Å². The first kappa shape index (κ1) is 18.2. The molecule has 1 heterocycles. The zero-order valence-electron chi connectivity index (χ0n) is 15.8. The molecule has 3 aromatic rings. The molecular weight excluding hydrogens is 349 g/mol. The van der Waals surface area contributed by atoms with Crippen LogP contribution in [-0.2, 0) is 13.1 Å². The van der Waals surface area contributed by atoms with Gasteiger partial charge in [-0.1, -0.05) is 60.7 Å². The minimum atomic E-state index is -0.215. The molecule has 0 atom stereocenters. The first-order chi connectivity index (χ1) is 13.8. The van der Waals surface area contributed by atoms with E-state index in [-0.39, 0.29) is 5.82 Å². The standard InChI is InChI=1S/C24H24FN3/c25-22-11-13-23(14-12-22)28(18-21-9-5-2-6-10-21)19-24-26-15-16-27(24)17-20-7-3-1-4-8-20/h1-14H,15-19H2. The molecule has 4 rings (SSSR count). The second-order valence-electron chi connectivity index (χ2n) is 7.02. The van der Waals surface area contributed by atoms with Crippen LogP contribution in [-0.4, -0.2) is 30.4 Å².